The molecule has 1 aliphatic rings. The number of fused-ring (bicyclic) bond motifs is 1. The third-order valence-corrected chi connectivity index (χ3v) is 7.18. The topological polar surface area (TPSA) is 65.7 Å². The van der Waals surface area contributed by atoms with Gasteiger partial charge in [-0.25, -0.2) is 9.50 Å². The van der Waals surface area contributed by atoms with Crippen molar-refractivity contribution in [2.45, 2.75) is 51.9 Å². The van der Waals surface area contributed by atoms with Gasteiger partial charge < -0.3 is 10.4 Å². The second kappa shape index (κ2) is 10.9. The summed E-state index contributed by atoms with van der Waals surface area (Å²) >= 11 is 6.06. The monoisotopic (exact) mass is 489 g/mol. The standard InChI is InChI=1S/C28H32ClN5O/c1-20-26(16-30-15-21-4-6-23(19-35)7-5-21)28-31-13-12-27(34(28)32-20)24-3-2-14-33(18-24)17-22-8-10-25(29)11-9-22/h4-13,24,30,35H,2-3,14-19H2,1H3. The van der Waals surface area contributed by atoms with E-state index in [1.807, 2.05) is 30.5 Å². The minimum atomic E-state index is 0.0726. The van der Waals surface area contributed by atoms with Gasteiger partial charge in [-0.1, -0.05) is 48.0 Å². The fraction of sp³-hybridized carbons (Fsp3) is 0.357. The van der Waals surface area contributed by atoms with Crippen LogP contribution in [0.15, 0.2) is 60.8 Å². The molecule has 2 N–H and O–H groups in total. The van der Waals surface area contributed by atoms with E-state index >= 15 is 0 Å². The molecule has 0 amide bonds. The molecule has 2 aromatic heterocycles. The number of aliphatic hydroxyl groups excluding tert-OH is 1. The van der Waals surface area contributed by atoms with Crippen molar-refractivity contribution in [3.05, 3.63) is 99.5 Å². The van der Waals surface area contributed by atoms with E-state index < -0.39 is 0 Å². The highest BCUT2D eigenvalue weighted by molar-refractivity contribution is 6.30. The lowest BCUT2D eigenvalue weighted by Crippen LogP contribution is -2.34. The molecule has 6 nitrogen and oxygen atoms in total. The van der Waals surface area contributed by atoms with E-state index in [9.17, 15) is 5.11 Å². The second-order valence-corrected chi connectivity index (χ2v) is 9.88. The Bertz CT molecular complexity index is 1270. The molecule has 1 fully saturated rings. The van der Waals surface area contributed by atoms with Crippen LogP contribution in [0, 0.1) is 6.92 Å². The first-order valence-corrected chi connectivity index (χ1v) is 12.7. The number of piperidine rings is 1. The van der Waals surface area contributed by atoms with E-state index in [0.717, 1.165) is 60.1 Å². The first-order valence-electron chi connectivity index (χ1n) is 12.3. The van der Waals surface area contributed by atoms with Gasteiger partial charge in [-0.2, -0.15) is 5.10 Å². The average molecular weight is 490 g/mol. The zero-order valence-electron chi connectivity index (χ0n) is 20.1. The number of nitrogens with zero attached hydrogens (tertiary/aromatic N) is 4. The van der Waals surface area contributed by atoms with Gasteiger partial charge in [-0.15, -0.1) is 0 Å². The van der Waals surface area contributed by atoms with Crippen molar-refractivity contribution in [3.63, 3.8) is 0 Å². The van der Waals surface area contributed by atoms with Gasteiger partial charge in [-0.05, 0) is 61.2 Å². The van der Waals surface area contributed by atoms with Gasteiger partial charge in [0.2, 0.25) is 0 Å². The third-order valence-electron chi connectivity index (χ3n) is 6.92. The van der Waals surface area contributed by atoms with Crippen molar-refractivity contribution < 1.29 is 5.11 Å². The first-order chi connectivity index (χ1) is 17.1. The number of benzene rings is 2. The van der Waals surface area contributed by atoms with Crippen molar-refractivity contribution >= 4 is 17.2 Å². The van der Waals surface area contributed by atoms with Crippen molar-refractivity contribution in [1.29, 1.82) is 0 Å². The molecule has 0 bridgehead atoms. The maximum atomic E-state index is 9.23. The normalized spacial score (nSPS) is 16.7. The Balaban J connectivity index is 1.29. The van der Waals surface area contributed by atoms with Crippen LogP contribution < -0.4 is 5.32 Å². The largest absolute Gasteiger partial charge is 0.392 e. The number of hydrogen-bond donors (Lipinski definition) is 2. The van der Waals surface area contributed by atoms with Gasteiger partial charge in [-0.3, -0.25) is 4.90 Å². The van der Waals surface area contributed by atoms with Crippen LogP contribution in [0.3, 0.4) is 0 Å². The fourth-order valence-electron chi connectivity index (χ4n) is 5.01. The molecule has 1 saturated heterocycles. The molecule has 5 rings (SSSR count). The highest BCUT2D eigenvalue weighted by atomic mass is 35.5. The van der Waals surface area contributed by atoms with Crippen LogP contribution in [0.25, 0.3) is 5.65 Å². The van der Waals surface area contributed by atoms with Crippen LogP contribution in [-0.4, -0.2) is 37.7 Å². The summed E-state index contributed by atoms with van der Waals surface area (Å²) in [6.45, 7) is 6.67. The summed E-state index contributed by atoms with van der Waals surface area (Å²) in [7, 11) is 0. The molecule has 0 aliphatic carbocycles. The average Bonchev–Trinajstić information content (AvgIpc) is 3.21. The van der Waals surface area contributed by atoms with E-state index in [4.69, 9.17) is 21.7 Å². The Kier molecular flexibility index (Phi) is 7.44. The number of nitrogens with one attached hydrogen (secondary N) is 1. The van der Waals surface area contributed by atoms with Crippen LogP contribution in [0.4, 0.5) is 0 Å². The van der Waals surface area contributed by atoms with Crippen LogP contribution >= 0.6 is 11.6 Å². The fourth-order valence-corrected chi connectivity index (χ4v) is 5.14. The Morgan fingerprint density at radius 3 is 2.51 bits per heavy atom. The van der Waals surface area contributed by atoms with Crippen LogP contribution in [0.5, 0.6) is 0 Å². The van der Waals surface area contributed by atoms with E-state index in [0.29, 0.717) is 12.5 Å². The molecule has 4 aromatic rings. The summed E-state index contributed by atoms with van der Waals surface area (Å²) in [6, 6.07) is 18.3. The Morgan fingerprint density at radius 2 is 1.74 bits per heavy atom. The SMILES string of the molecule is Cc1nn2c(C3CCCN(Cc4ccc(Cl)cc4)C3)ccnc2c1CNCc1ccc(CO)cc1. The number of halogens is 1. The summed E-state index contributed by atoms with van der Waals surface area (Å²) < 4.78 is 2.07. The van der Waals surface area contributed by atoms with Gasteiger partial charge in [0, 0.05) is 48.9 Å². The molecule has 3 heterocycles. The van der Waals surface area contributed by atoms with Crippen molar-refractivity contribution in [2.75, 3.05) is 13.1 Å². The number of aromatic nitrogens is 3. The first kappa shape index (κ1) is 23.9. The summed E-state index contributed by atoms with van der Waals surface area (Å²) in [5.74, 6) is 0.423. The van der Waals surface area contributed by atoms with Crippen molar-refractivity contribution in [2.24, 2.45) is 0 Å². The lowest BCUT2D eigenvalue weighted by Gasteiger charge is -2.33. The van der Waals surface area contributed by atoms with E-state index in [2.05, 4.69) is 52.0 Å². The number of likely N-dealkylation sites (tertiary alicyclic amines) is 1. The lowest BCUT2D eigenvalue weighted by atomic mass is 9.94. The Morgan fingerprint density at radius 1 is 1.00 bits per heavy atom. The van der Waals surface area contributed by atoms with Gasteiger partial charge >= 0.3 is 0 Å². The molecular weight excluding hydrogens is 458 g/mol. The van der Waals surface area contributed by atoms with Gasteiger partial charge in [0.15, 0.2) is 5.65 Å². The van der Waals surface area contributed by atoms with Gasteiger partial charge in [0.1, 0.15) is 0 Å². The maximum Gasteiger partial charge on any atom is 0.159 e. The van der Waals surface area contributed by atoms with E-state index in [1.54, 1.807) is 0 Å². The predicted octanol–water partition coefficient (Wildman–Crippen LogP) is 4.85. The molecule has 0 saturated carbocycles. The highest BCUT2D eigenvalue weighted by Gasteiger charge is 2.25. The van der Waals surface area contributed by atoms with Crippen molar-refractivity contribution in [1.82, 2.24) is 24.8 Å². The molecule has 182 valence electrons. The number of hydrogen-bond acceptors (Lipinski definition) is 5. The van der Waals surface area contributed by atoms with Crippen LogP contribution in [0.1, 0.15) is 52.4 Å². The molecule has 2 aromatic carbocycles. The zero-order chi connectivity index (χ0) is 24.2. The smallest absolute Gasteiger partial charge is 0.159 e. The minimum Gasteiger partial charge on any atom is -0.392 e. The molecular formula is C28H32ClN5O. The molecule has 1 atom stereocenters. The number of aryl methyl sites for hydroxylation is 1. The third kappa shape index (κ3) is 5.57. The molecule has 7 heteroatoms. The summed E-state index contributed by atoms with van der Waals surface area (Å²) in [5, 5.41) is 18.5. The van der Waals surface area contributed by atoms with E-state index in [-0.39, 0.29) is 6.61 Å². The number of rotatable bonds is 8. The number of aliphatic hydroxyl groups is 1. The van der Waals surface area contributed by atoms with Crippen molar-refractivity contribution in [3.8, 4) is 0 Å². The highest BCUT2D eigenvalue weighted by Crippen LogP contribution is 2.29. The summed E-state index contributed by atoms with van der Waals surface area (Å²) in [4.78, 5) is 7.24. The summed E-state index contributed by atoms with van der Waals surface area (Å²) in [5.41, 5.74) is 7.76. The minimum absolute atomic E-state index is 0.0726. The van der Waals surface area contributed by atoms with Gasteiger partial charge in [0.25, 0.3) is 0 Å². The Labute approximate surface area is 211 Å². The molecule has 0 radical (unpaired) electrons. The predicted molar refractivity (Wildman–Crippen MR) is 139 cm³/mol. The molecule has 0 spiro atoms. The molecule has 1 unspecified atom stereocenters. The summed E-state index contributed by atoms with van der Waals surface area (Å²) in [6.07, 6.45) is 4.26. The Hall–Kier alpha value is -2.77. The van der Waals surface area contributed by atoms with E-state index in [1.165, 1.54) is 23.2 Å². The van der Waals surface area contributed by atoms with Crippen LogP contribution in [0.2, 0.25) is 5.02 Å². The maximum absolute atomic E-state index is 9.23. The quantitative estimate of drug-likeness (QED) is 0.370. The molecule has 1 aliphatic heterocycles. The second-order valence-electron chi connectivity index (χ2n) is 9.45. The van der Waals surface area contributed by atoms with Crippen LogP contribution in [-0.2, 0) is 26.2 Å². The lowest BCUT2D eigenvalue weighted by molar-refractivity contribution is 0.197. The van der Waals surface area contributed by atoms with Gasteiger partial charge in [0.05, 0.1) is 18.0 Å². The zero-order valence-corrected chi connectivity index (χ0v) is 20.9. The molecule has 35 heavy (non-hydrogen) atoms.